The molecule has 0 spiro atoms. The molecule has 0 saturated heterocycles. The SMILES string of the molecule is CN1/C(=c2\sc3n(c2=O)CC=c2cc[n+](C)cc2=3)Sc2ccccc21. The molecule has 0 radical (unpaired) electrons. The van der Waals surface area contributed by atoms with E-state index in [0.29, 0.717) is 6.54 Å². The first kappa shape index (κ1) is 15.0. The molecule has 0 aliphatic carbocycles. The van der Waals surface area contributed by atoms with Crippen molar-refractivity contribution in [2.75, 3.05) is 11.9 Å². The third-order valence-corrected chi connectivity index (χ3v) is 7.24. The van der Waals surface area contributed by atoms with E-state index in [4.69, 9.17) is 0 Å². The van der Waals surface area contributed by atoms with Crippen LogP contribution in [0.4, 0.5) is 5.69 Å². The van der Waals surface area contributed by atoms with Gasteiger partial charge in [0.1, 0.15) is 21.3 Å². The largest absolute Gasteiger partial charge is 0.337 e. The summed E-state index contributed by atoms with van der Waals surface area (Å²) in [6.45, 7) is 0.639. The third-order valence-electron chi connectivity index (χ3n) is 4.67. The predicted octanol–water partition coefficient (Wildman–Crippen LogP) is 1.12. The van der Waals surface area contributed by atoms with Crippen LogP contribution in [0.5, 0.6) is 0 Å². The van der Waals surface area contributed by atoms with Crippen molar-refractivity contribution in [2.24, 2.45) is 7.05 Å². The molecule has 0 atom stereocenters. The molecule has 6 heteroatoms. The van der Waals surface area contributed by atoms with Gasteiger partial charge >= 0.3 is 0 Å². The number of benzene rings is 1. The van der Waals surface area contributed by atoms with Crippen LogP contribution in [0.3, 0.4) is 0 Å². The molecule has 2 aliphatic rings. The maximum Gasteiger partial charge on any atom is 0.272 e. The van der Waals surface area contributed by atoms with Crippen molar-refractivity contribution in [3.63, 3.8) is 0 Å². The van der Waals surface area contributed by atoms with Gasteiger partial charge in [-0.25, -0.2) is 4.57 Å². The second-order valence-corrected chi connectivity index (χ2v) is 8.30. The third kappa shape index (κ3) is 2.14. The number of rotatable bonds is 0. The van der Waals surface area contributed by atoms with Gasteiger partial charge in [0.2, 0.25) is 0 Å². The van der Waals surface area contributed by atoms with Crippen molar-refractivity contribution in [3.05, 3.63) is 72.7 Å². The number of aromatic nitrogens is 2. The minimum atomic E-state index is 0.107. The summed E-state index contributed by atoms with van der Waals surface area (Å²) in [7, 11) is 4.05. The van der Waals surface area contributed by atoms with Gasteiger partial charge in [0, 0.05) is 24.6 Å². The van der Waals surface area contributed by atoms with Gasteiger partial charge < -0.3 is 4.90 Å². The van der Waals surface area contributed by atoms with Crippen LogP contribution in [0.2, 0.25) is 0 Å². The Morgan fingerprint density at radius 1 is 1.20 bits per heavy atom. The van der Waals surface area contributed by atoms with Gasteiger partial charge in [0.15, 0.2) is 12.4 Å². The van der Waals surface area contributed by atoms with Crippen LogP contribution in [0.1, 0.15) is 0 Å². The quantitative estimate of drug-likeness (QED) is 0.559. The molecular formula is C19H16N3OS2+. The highest BCUT2D eigenvalue weighted by atomic mass is 32.2. The Balaban J connectivity index is 1.89. The second kappa shape index (κ2) is 5.34. The molecule has 124 valence electrons. The maximum absolute atomic E-state index is 13.1. The molecule has 25 heavy (non-hydrogen) atoms. The average molecular weight is 366 g/mol. The number of anilines is 1. The van der Waals surface area contributed by atoms with E-state index < -0.39 is 0 Å². The van der Waals surface area contributed by atoms with E-state index in [1.54, 1.807) is 23.1 Å². The molecule has 0 bridgehead atoms. The van der Waals surface area contributed by atoms with E-state index in [2.05, 4.69) is 35.4 Å². The Bertz CT molecular complexity index is 1300. The smallest absolute Gasteiger partial charge is 0.272 e. The van der Waals surface area contributed by atoms with Gasteiger partial charge in [-0.3, -0.25) is 9.36 Å². The molecule has 2 aromatic heterocycles. The molecule has 2 aliphatic heterocycles. The zero-order chi connectivity index (χ0) is 17.1. The lowest BCUT2D eigenvalue weighted by Gasteiger charge is -2.11. The monoisotopic (exact) mass is 366 g/mol. The summed E-state index contributed by atoms with van der Waals surface area (Å²) in [4.78, 5) is 16.4. The summed E-state index contributed by atoms with van der Waals surface area (Å²) < 4.78 is 5.80. The number of para-hydroxylation sites is 1. The Labute approximate surface area is 152 Å². The van der Waals surface area contributed by atoms with Crippen LogP contribution in [-0.2, 0) is 13.6 Å². The number of hydrogen-bond donors (Lipinski definition) is 0. The highest BCUT2D eigenvalue weighted by Gasteiger charge is 2.24. The Hall–Kier alpha value is -2.31. The topological polar surface area (TPSA) is 29.1 Å². The lowest BCUT2D eigenvalue weighted by molar-refractivity contribution is -0.672. The minimum Gasteiger partial charge on any atom is -0.337 e. The van der Waals surface area contributed by atoms with Gasteiger partial charge in [0.25, 0.3) is 5.56 Å². The molecule has 0 amide bonds. The Morgan fingerprint density at radius 2 is 2.04 bits per heavy atom. The van der Waals surface area contributed by atoms with Crippen molar-refractivity contribution in [2.45, 2.75) is 11.4 Å². The van der Waals surface area contributed by atoms with Gasteiger partial charge in [-0.15, -0.1) is 11.3 Å². The summed E-state index contributed by atoms with van der Waals surface area (Å²) in [6, 6.07) is 10.4. The van der Waals surface area contributed by atoms with Gasteiger partial charge in [0.05, 0.1) is 10.9 Å². The van der Waals surface area contributed by atoms with E-state index in [9.17, 15) is 4.79 Å². The predicted molar refractivity (Wildman–Crippen MR) is 102 cm³/mol. The van der Waals surface area contributed by atoms with Crippen molar-refractivity contribution in [3.8, 4) is 0 Å². The number of nitrogens with zero attached hydrogens (tertiary/aromatic N) is 3. The fraction of sp³-hybridized carbons (Fsp3) is 0.158. The number of fused-ring (bicyclic) bond motifs is 3. The van der Waals surface area contributed by atoms with Crippen LogP contribution in [0.25, 0.3) is 11.1 Å². The summed E-state index contributed by atoms with van der Waals surface area (Å²) in [5, 5.41) is 3.36. The number of aryl methyl sites for hydroxylation is 1. The zero-order valence-electron chi connectivity index (χ0n) is 13.9. The average Bonchev–Trinajstić information content (AvgIpc) is 3.13. The molecule has 0 fully saturated rings. The van der Waals surface area contributed by atoms with E-state index in [1.165, 1.54) is 10.1 Å². The number of hydrogen-bond acceptors (Lipinski definition) is 4. The summed E-state index contributed by atoms with van der Waals surface area (Å²) in [5.41, 5.74) is 1.27. The van der Waals surface area contributed by atoms with Crippen LogP contribution >= 0.6 is 23.1 Å². The zero-order valence-corrected chi connectivity index (χ0v) is 15.5. The molecule has 1 aromatic carbocycles. The fourth-order valence-corrected chi connectivity index (χ4v) is 5.86. The highest BCUT2D eigenvalue weighted by molar-refractivity contribution is 8.08. The van der Waals surface area contributed by atoms with Gasteiger partial charge in [-0.2, -0.15) is 0 Å². The van der Waals surface area contributed by atoms with Crippen LogP contribution < -0.4 is 24.8 Å². The number of pyridine rings is 1. The first-order valence-electron chi connectivity index (χ1n) is 8.08. The maximum atomic E-state index is 13.1. The Morgan fingerprint density at radius 3 is 2.88 bits per heavy atom. The lowest BCUT2D eigenvalue weighted by Crippen LogP contribution is -2.34. The fourth-order valence-electron chi connectivity index (χ4n) is 3.37. The van der Waals surface area contributed by atoms with Crippen LogP contribution in [0, 0.1) is 9.88 Å². The second-order valence-electron chi connectivity index (χ2n) is 6.27. The Kier molecular flexibility index (Phi) is 3.20. The van der Waals surface area contributed by atoms with Crippen LogP contribution in [-0.4, -0.2) is 11.6 Å². The van der Waals surface area contributed by atoms with Crippen LogP contribution in [0.15, 0.2) is 52.4 Å². The first-order valence-corrected chi connectivity index (χ1v) is 9.71. The van der Waals surface area contributed by atoms with Crippen molar-refractivity contribution >= 4 is 39.9 Å². The molecule has 5 rings (SSSR count). The molecule has 0 saturated carbocycles. The molecular weight excluding hydrogens is 350 g/mol. The molecule has 0 unspecified atom stereocenters. The normalized spacial score (nSPS) is 17.0. The lowest BCUT2D eigenvalue weighted by atomic mass is 10.2. The number of thiazole rings is 1. The minimum absolute atomic E-state index is 0.107. The van der Waals surface area contributed by atoms with E-state index in [1.807, 2.05) is 41.6 Å². The standard InChI is InChI=1S/C19H16N3OS2/c1-20-9-7-12-8-10-22-17(23)16(25-18(22)13(12)11-20)19-21(2)14-5-3-4-6-15(14)24-19/h3-9,11H,10H2,1-2H3/q+1/b19-16+. The molecule has 4 nitrogen and oxygen atoms in total. The first-order chi connectivity index (χ1) is 12.1. The molecule has 4 heterocycles. The van der Waals surface area contributed by atoms with Gasteiger partial charge in [-0.1, -0.05) is 30.0 Å². The van der Waals surface area contributed by atoms with E-state index in [-0.39, 0.29) is 5.56 Å². The van der Waals surface area contributed by atoms with E-state index >= 15 is 0 Å². The van der Waals surface area contributed by atoms with Crippen molar-refractivity contribution < 1.29 is 4.57 Å². The van der Waals surface area contributed by atoms with Crippen molar-refractivity contribution in [1.82, 2.24) is 4.57 Å². The summed E-state index contributed by atoms with van der Waals surface area (Å²) >= 11 is 3.29. The number of thioether (sulfide) groups is 1. The summed E-state index contributed by atoms with van der Waals surface area (Å²) in [5.74, 6) is 0. The van der Waals surface area contributed by atoms with E-state index in [0.717, 1.165) is 25.1 Å². The molecule has 0 N–H and O–H groups in total. The van der Waals surface area contributed by atoms with Gasteiger partial charge in [-0.05, 0) is 17.4 Å². The van der Waals surface area contributed by atoms with Crippen molar-refractivity contribution in [1.29, 1.82) is 0 Å². The highest BCUT2D eigenvalue weighted by Crippen LogP contribution is 2.44. The molecule has 3 aromatic rings. The summed E-state index contributed by atoms with van der Waals surface area (Å²) in [6.07, 6.45) is 6.27.